The van der Waals surface area contributed by atoms with Crippen LogP contribution in [0.25, 0.3) is 0 Å². The lowest BCUT2D eigenvalue weighted by atomic mass is 10.1. The summed E-state index contributed by atoms with van der Waals surface area (Å²) in [5, 5.41) is 2.85. The van der Waals surface area contributed by atoms with Crippen LogP contribution in [-0.4, -0.2) is 38.3 Å². The first-order valence-electron chi connectivity index (χ1n) is 8.71. The van der Waals surface area contributed by atoms with Crippen molar-refractivity contribution >= 4 is 5.91 Å². The van der Waals surface area contributed by atoms with Gasteiger partial charge in [-0.25, -0.2) is 0 Å². The Labute approximate surface area is 158 Å². The molecule has 0 bridgehead atoms. The van der Waals surface area contributed by atoms with Gasteiger partial charge in [-0.2, -0.15) is 0 Å². The Morgan fingerprint density at radius 2 is 1.78 bits per heavy atom. The third-order valence-corrected chi connectivity index (χ3v) is 4.32. The van der Waals surface area contributed by atoms with Crippen LogP contribution in [0.3, 0.4) is 0 Å². The molecule has 1 aromatic carbocycles. The van der Waals surface area contributed by atoms with E-state index in [-0.39, 0.29) is 11.5 Å². The Hall–Kier alpha value is -2.96. The molecule has 0 aliphatic heterocycles. The first-order valence-corrected chi connectivity index (χ1v) is 8.71. The highest BCUT2D eigenvalue weighted by atomic mass is 16.5. The van der Waals surface area contributed by atoms with Gasteiger partial charge in [0.05, 0.1) is 21.3 Å². The molecule has 0 radical (unpaired) electrons. The minimum atomic E-state index is -0.149. The van der Waals surface area contributed by atoms with Crippen molar-refractivity contribution in [2.24, 2.45) is 0 Å². The molecule has 0 fully saturated rings. The molecule has 0 spiro atoms. The van der Waals surface area contributed by atoms with E-state index in [2.05, 4.69) is 5.32 Å². The van der Waals surface area contributed by atoms with Gasteiger partial charge in [0.15, 0.2) is 0 Å². The number of rotatable bonds is 9. The zero-order valence-electron chi connectivity index (χ0n) is 16.2. The Kier molecular flexibility index (Phi) is 7.28. The maximum Gasteiger partial charge on any atom is 0.254 e. The number of aryl methyl sites for hydroxylation is 2. The van der Waals surface area contributed by atoms with Crippen LogP contribution in [0.1, 0.15) is 17.7 Å². The lowest BCUT2D eigenvalue weighted by Crippen LogP contribution is -2.31. The minimum Gasteiger partial charge on any atom is -0.497 e. The fourth-order valence-electron chi connectivity index (χ4n) is 2.81. The normalized spacial score (nSPS) is 10.4. The van der Waals surface area contributed by atoms with Crippen molar-refractivity contribution in [1.29, 1.82) is 0 Å². The van der Waals surface area contributed by atoms with E-state index in [1.54, 1.807) is 30.9 Å². The van der Waals surface area contributed by atoms with Gasteiger partial charge in [0, 0.05) is 37.3 Å². The van der Waals surface area contributed by atoms with E-state index in [9.17, 15) is 9.59 Å². The van der Waals surface area contributed by atoms with Crippen LogP contribution >= 0.6 is 0 Å². The molecule has 0 saturated carbocycles. The Morgan fingerprint density at radius 3 is 2.41 bits per heavy atom. The number of carbonyl (C=O) groups is 1. The number of benzene rings is 1. The molecule has 1 amide bonds. The summed E-state index contributed by atoms with van der Waals surface area (Å²) in [5.41, 5.74) is 1.58. The fraction of sp³-hybridized carbons (Fsp3) is 0.400. The third-order valence-electron chi connectivity index (χ3n) is 4.32. The van der Waals surface area contributed by atoms with Gasteiger partial charge in [-0.1, -0.05) is 6.07 Å². The van der Waals surface area contributed by atoms with Crippen LogP contribution < -0.4 is 25.1 Å². The van der Waals surface area contributed by atoms with Gasteiger partial charge in [-0.15, -0.1) is 0 Å². The molecule has 0 aliphatic carbocycles. The summed E-state index contributed by atoms with van der Waals surface area (Å²) in [7, 11) is 4.71. The third kappa shape index (κ3) is 5.51. The van der Waals surface area contributed by atoms with Gasteiger partial charge in [-0.3, -0.25) is 9.59 Å². The van der Waals surface area contributed by atoms with Crippen LogP contribution in [0.5, 0.6) is 17.2 Å². The van der Waals surface area contributed by atoms with Gasteiger partial charge in [-0.05, 0) is 31.0 Å². The van der Waals surface area contributed by atoms with Gasteiger partial charge < -0.3 is 24.1 Å². The standard InChI is InChI=1S/C20H26N2O5/c1-14-11-17(26-3)13-20(24)22(14)10-9-21-19(23)8-6-15-5-7-16(25-2)12-18(15)27-4/h5,7,11-13H,6,8-10H2,1-4H3,(H,21,23). The molecule has 0 saturated heterocycles. The van der Waals surface area contributed by atoms with Crippen LogP contribution in [0.15, 0.2) is 35.1 Å². The number of carbonyl (C=O) groups excluding carboxylic acids is 1. The highest BCUT2D eigenvalue weighted by Gasteiger charge is 2.09. The van der Waals surface area contributed by atoms with Gasteiger partial charge >= 0.3 is 0 Å². The topological polar surface area (TPSA) is 78.8 Å². The number of pyridine rings is 1. The van der Waals surface area contributed by atoms with Crippen LogP contribution in [-0.2, 0) is 17.8 Å². The average Bonchev–Trinajstić information content (AvgIpc) is 2.67. The molecular weight excluding hydrogens is 348 g/mol. The van der Waals surface area contributed by atoms with Crippen molar-refractivity contribution in [3.8, 4) is 17.2 Å². The summed E-state index contributed by atoms with van der Waals surface area (Å²) in [6, 6.07) is 8.76. The average molecular weight is 374 g/mol. The molecule has 2 aromatic rings. The number of aromatic nitrogens is 1. The highest BCUT2D eigenvalue weighted by molar-refractivity contribution is 5.76. The van der Waals surface area contributed by atoms with E-state index < -0.39 is 0 Å². The second-order valence-corrected chi connectivity index (χ2v) is 6.05. The van der Waals surface area contributed by atoms with E-state index in [1.165, 1.54) is 13.2 Å². The van der Waals surface area contributed by atoms with Crippen molar-refractivity contribution in [2.75, 3.05) is 27.9 Å². The molecule has 0 unspecified atom stereocenters. The van der Waals surface area contributed by atoms with E-state index in [4.69, 9.17) is 14.2 Å². The van der Waals surface area contributed by atoms with Crippen molar-refractivity contribution in [2.45, 2.75) is 26.3 Å². The molecule has 1 N–H and O–H groups in total. The molecule has 0 aliphatic rings. The number of nitrogens with one attached hydrogen (secondary N) is 1. The number of nitrogens with zero attached hydrogens (tertiary/aromatic N) is 1. The quantitative estimate of drug-likeness (QED) is 0.726. The highest BCUT2D eigenvalue weighted by Crippen LogP contribution is 2.25. The van der Waals surface area contributed by atoms with Crippen LogP contribution in [0.2, 0.25) is 0 Å². The van der Waals surface area contributed by atoms with Gasteiger partial charge in [0.2, 0.25) is 5.91 Å². The first kappa shape index (κ1) is 20.4. The monoisotopic (exact) mass is 374 g/mol. The lowest BCUT2D eigenvalue weighted by molar-refractivity contribution is -0.121. The van der Waals surface area contributed by atoms with Crippen LogP contribution in [0, 0.1) is 6.92 Å². The predicted molar refractivity (Wildman–Crippen MR) is 103 cm³/mol. The smallest absolute Gasteiger partial charge is 0.254 e. The minimum absolute atomic E-state index is 0.0768. The summed E-state index contributed by atoms with van der Waals surface area (Å²) < 4.78 is 17.2. The number of hydrogen-bond acceptors (Lipinski definition) is 5. The van der Waals surface area contributed by atoms with Crippen molar-refractivity contribution in [3.05, 3.63) is 51.9 Å². The predicted octanol–water partition coefficient (Wildman–Crippen LogP) is 1.93. The molecule has 7 nitrogen and oxygen atoms in total. The van der Waals surface area contributed by atoms with E-state index in [0.717, 1.165) is 11.3 Å². The number of ether oxygens (including phenoxy) is 3. The molecule has 146 valence electrons. The first-order chi connectivity index (χ1) is 13.0. The van der Waals surface area contributed by atoms with Crippen LogP contribution in [0.4, 0.5) is 0 Å². The van der Waals surface area contributed by atoms with Crippen molar-refractivity contribution < 1.29 is 19.0 Å². The van der Waals surface area contributed by atoms with Gasteiger partial charge in [0.1, 0.15) is 17.2 Å². The second-order valence-electron chi connectivity index (χ2n) is 6.05. The summed E-state index contributed by atoms with van der Waals surface area (Å²) >= 11 is 0. The molecular formula is C20H26N2O5. The summed E-state index contributed by atoms with van der Waals surface area (Å²) in [5.74, 6) is 1.86. The molecule has 2 rings (SSSR count). The summed E-state index contributed by atoms with van der Waals surface area (Å²) in [4.78, 5) is 24.2. The number of hydrogen-bond donors (Lipinski definition) is 1. The molecule has 7 heteroatoms. The molecule has 27 heavy (non-hydrogen) atoms. The van der Waals surface area contributed by atoms with E-state index >= 15 is 0 Å². The zero-order chi connectivity index (χ0) is 19.8. The van der Waals surface area contributed by atoms with Crippen molar-refractivity contribution in [3.63, 3.8) is 0 Å². The number of amides is 1. The molecule has 1 aromatic heterocycles. The fourth-order valence-corrected chi connectivity index (χ4v) is 2.81. The largest absolute Gasteiger partial charge is 0.497 e. The molecule has 1 heterocycles. The van der Waals surface area contributed by atoms with Gasteiger partial charge in [0.25, 0.3) is 5.56 Å². The van der Waals surface area contributed by atoms with E-state index in [1.807, 2.05) is 19.1 Å². The lowest BCUT2D eigenvalue weighted by Gasteiger charge is -2.12. The second kappa shape index (κ2) is 9.66. The Bertz CT molecular complexity index is 845. The maximum atomic E-state index is 12.1. The zero-order valence-corrected chi connectivity index (χ0v) is 16.2. The molecule has 0 atom stereocenters. The van der Waals surface area contributed by atoms with Crippen molar-refractivity contribution in [1.82, 2.24) is 9.88 Å². The maximum absolute atomic E-state index is 12.1. The summed E-state index contributed by atoms with van der Waals surface area (Å²) in [6.45, 7) is 2.62. The van der Waals surface area contributed by atoms with E-state index in [0.29, 0.717) is 43.2 Å². The Balaban J connectivity index is 1.86. The summed E-state index contributed by atoms with van der Waals surface area (Å²) in [6.07, 6.45) is 0.889. The number of methoxy groups -OCH3 is 3. The SMILES string of the molecule is COc1ccc(CCC(=O)NCCn2c(C)cc(OC)cc2=O)c(OC)c1. The Morgan fingerprint density at radius 1 is 1.04 bits per heavy atom.